The highest BCUT2D eigenvalue weighted by atomic mass is 19.4. The number of carbonyl (C=O) groups excluding carboxylic acids is 1. The number of ether oxygens (including phenoxy) is 2. The third-order valence-corrected chi connectivity index (χ3v) is 4.90. The Morgan fingerprint density at radius 1 is 1.10 bits per heavy atom. The van der Waals surface area contributed by atoms with E-state index in [-0.39, 0.29) is 17.7 Å². The van der Waals surface area contributed by atoms with Crippen LogP contribution in [0.5, 0.6) is 11.5 Å². The van der Waals surface area contributed by atoms with E-state index in [0.717, 1.165) is 16.5 Å². The molecule has 0 spiro atoms. The van der Waals surface area contributed by atoms with Crippen LogP contribution in [0.4, 0.5) is 13.2 Å². The molecule has 0 radical (unpaired) electrons. The number of aromatic nitrogens is 1. The number of carbonyl (C=O) groups is 1. The Morgan fingerprint density at radius 2 is 1.83 bits per heavy atom. The number of hydrogen-bond donors (Lipinski definition) is 2. The Labute approximate surface area is 172 Å². The Balaban J connectivity index is 1.66. The fourth-order valence-corrected chi connectivity index (χ4v) is 3.40. The summed E-state index contributed by atoms with van der Waals surface area (Å²) < 4.78 is 51.0. The maximum atomic E-state index is 13.6. The molecule has 1 aromatic heterocycles. The zero-order valence-corrected chi connectivity index (χ0v) is 16.7. The molecule has 0 aliphatic carbocycles. The highest BCUT2D eigenvalue weighted by molar-refractivity contribution is 5.83. The molecule has 0 bridgehead atoms. The molecule has 1 atom stereocenters. The number of methoxy groups -OCH3 is 2. The van der Waals surface area contributed by atoms with E-state index in [1.807, 2.05) is 30.5 Å². The molecule has 8 heteroatoms. The average Bonchev–Trinajstić information content (AvgIpc) is 3.14. The zero-order chi connectivity index (χ0) is 21.7. The third-order valence-electron chi connectivity index (χ3n) is 4.90. The van der Waals surface area contributed by atoms with Crippen molar-refractivity contribution in [3.8, 4) is 11.5 Å². The molecule has 5 nitrogen and oxygen atoms in total. The van der Waals surface area contributed by atoms with Gasteiger partial charge in [0.25, 0.3) is 0 Å². The van der Waals surface area contributed by atoms with Crippen molar-refractivity contribution in [2.24, 2.45) is 0 Å². The normalized spacial score (nSPS) is 12.6. The van der Waals surface area contributed by atoms with Crippen LogP contribution in [0.3, 0.4) is 0 Å². The monoisotopic (exact) mass is 420 g/mol. The number of para-hydroxylation sites is 1. The van der Waals surface area contributed by atoms with Crippen LogP contribution in [0, 0.1) is 0 Å². The molecule has 2 N–H and O–H groups in total. The topological polar surface area (TPSA) is 63.3 Å². The summed E-state index contributed by atoms with van der Waals surface area (Å²) in [7, 11) is 2.74. The first-order chi connectivity index (χ1) is 14.3. The number of rotatable bonds is 8. The molecule has 2 aromatic carbocycles. The Kier molecular flexibility index (Phi) is 6.54. The van der Waals surface area contributed by atoms with E-state index in [1.165, 1.54) is 32.4 Å². The number of halogens is 3. The summed E-state index contributed by atoms with van der Waals surface area (Å²) in [4.78, 5) is 15.4. The lowest BCUT2D eigenvalue weighted by molar-refractivity contribution is -0.163. The van der Waals surface area contributed by atoms with Crippen LogP contribution in [0.1, 0.15) is 30.0 Å². The minimum atomic E-state index is -4.65. The van der Waals surface area contributed by atoms with Crippen LogP contribution in [0.2, 0.25) is 0 Å². The number of aromatic amines is 1. The molecule has 1 heterocycles. The van der Waals surface area contributed by atoms with Gasteiger partial charge in [-0.15, -0.1) is 0 Å². The molecule has 0 saturated carbocycles. The molecule has 0 aliphatic rings. The van der Waals surface area contributed by atoms with Gasteiger partial charge < -0.3 is 19.8 Å². The van der Waals surface area contributed by atoms with E-state index in [0.29, 0.717) is 18.6 Å². The van der Waals surface area contributed by atoms with Gasteiger partial charge in [-0.25, -0.2) is 0 Å². The lowest BCUT2D eigenvalue weighted by Gasteiger charge is -2.23. The summed E-state index contributed by atoms with van der Waals surface area (Å²) in [6, 6.07) is 9.51. The predicted octanol–water partition coefficient (Wildman–Crippen LogP) is 4.93. The SMILES string of the molecule is COc1ccc(C(NC(=O)CCCc2c[nH]c3ccccc23)C(F)(F)F)cc1OC. The first kappa shape index (κ1) is 21.5. The van der Waals surface area contributed by atoms with Crippen LogP contribution in [-0.4, -0.2) is 31.3 Å². The Morgan fingerprint density at radius 3 is 2.53 bits per heavy atom. The smallest absolute Gasteiger partial charge is 0.412 e. The number of amides is 1. The number of H-pyrrole nitrogens is 1. The fourth-order valence-electron chi connectivity index (χ4n) is 3.40. The van der Waals surface area contributed by atoms with Gasteiger partial charge in [-0.1, -0.05) is 24.3 Å². The van der Waals surface area contributed by atoms with Gasteiger partial charge in [0.2, 0.25) is 5.91 Å². The summed E-state index contributed by atoms with van der Waals surface area (Å²) in [5.74, 6) is -0.183. The van der Waals surface area contributed by atoms with Crippen molar-refractivity contribution in [3.05, 3.63) is 59.8 Å². The molecular formula is C22H23F3N2O3. The Hall–Kier alpha value is -3.16. The highest BCUT2D eigenvalue weighted by Crippen LogP contribution is 2.37. The largest absolute Gasteiger partial charge is 0.493 e. The van der Waals surface area contributed by atoms with Crippen molar-refractivity contribution in [2.45, 2.75) is 31.5 Å². The van der Waals surface area contributed by atoms with E-state index < -0.39 is 18.1 Å². The molecule has 30 heavy (non-hydrogen) atoms. The quantitative estimate of drug-likeness (QED) is 0.543. The van der Waals surface area contributed by atoms with E-state index in [4.69, 9.17) is 9.47 Å². The molecule has 3 aromatic rings. The average molecular weight is 420 g/mol. The first-order valence-corrected chi connectivity index (χ1v) is 9.46. The third kappa shape index (κ3) is 4.87. The minimum Gasteiger partial charge on any atom is -0.493 e. The number of alkyl halides is 3. The van der Waals surface area contributed by atoms with Gasteiger partial charge in [-0.05, 0) is 42.2 Å². The summed E-state index contributed by atoms with van der Waals surface area (Å²) in [5, 5.41) is 3.16. The summed E-state index contributed by atoms with van der Waals surface area (Å²) in [5.41, 5.74) is 1.90. The molecule has 0 saturated heterocycles. The van der Waals surface area contributed by atoms with Crippen molar-refractivity contribution < 1.29 is 27.4 Å². The second-order valence-electron chi connectivity index (χ2n) is 6.87. The van der Waals surface area contributed by atoms with Gasteiger partial charge >= 0.3 is 6.18 Å². The van der Waals surface area contributed by atoms with Crippen molar-refractivity contribution >= 4 is 16.8 Å². The summed E-state index contributed by atoms with van der Waals surface area (Å²) >= 11 is 0. The predicted molar refractivity (Wildman–Crippen MR) is 108 cm³/mol. The van der Waals surface area contributed by atoms with Crippen LogP contribution in [0.15, 0.2) is 48.7 Å². The van der Waals surface area contributed by atoms with E-state index in [1.54, 1.807) is 0 Å². The summed E-state index contributed by atoms with van der Waals surface area (Å²) in [6.07, 6.45) is -1.77. The van der Waals surface area contributed by atoms with Gasteiger partial charge in [0.1, 0.15) is 0 Å². The maximum absolute atomic E-state index is 13.6. The molecule has 0 aliphatic heterocycles. The standard InChI is InChI=1S/C22H23F3N2O3/c1-29-18-11-10-14(12-19(18)30-2)21(22(23,24)25)27-20(28)9-5-6-15-13-26-17-8-4-3-7-16(15)17/h3-4,7-8,10-13,21,26H,5-6,9H2,1-2H3,(H,27,28). The number of aryl methyl sites for hydroxylation is 1. The van der Waals surface area contributed by atoms with Gasteiger partial charge in [0.15, 0.2) is 17.5 Å². The molecule has 0 fully saturated rings. The van der Waals surface area contributed by atoms with Crippen LogP contribution < -0.4 is 14.8 Å². The number of hydrogen-bond acceptors (Lipinski definition) is 3. The lowest BCUT2D eigenvalue weighted by Crippen LogP contribution is -2.38. The second-order valence-corrected chi connectivity index (χ2v) is 6.87. The van der Waals surface area contributed by atoms with Crippen molar-refractivity contribution in [3.63, 3.8) is 0 Å². The highest BCUT2D eigenvalue weighted by Gasteiger charge is 2.42. The fraction of sp³-hybridized carbons (Fsp3) is 0.318. The molecule has 160 valence electrons. The summed E-state index contributed by atoms with van der Waals surface area (Å²) in [6.45, 7) is 0. The number of benzene rings is 2. The van der Waals surface area contributed by atoms with Gasteiger partial charge in [-0.3, -0.25) is 4.79 Å². The van der Waals surface area contributed by atoms with Crippen LogP contribution >= 0.6 is 0 Å². The molecule has 3 rings (SSSR count). The Bertz CT molecular complexity index is 1010. The number of fused-ring (bicyclic) bond motifs is 1. The van der Waals surface area contributed by atoms with Crippen LogP contribution in [0.25, 0.3) is 10.9 Å². The van der Waals surface area contributed by atoms with Crippen molar-refractivity contribution in [1.82, 2.24) is 10.3 Å². The number of nitrogens with one attached hydrogen (secondary N) is 2. The maximum Gasteiger partial charge on any atom is 0.412 e. The minimum absolute atomic E-state index is 0.0145. The lowest BCUT2D eigenvalue weighted by atomic mass is 10.0. The zero-order valence-electron chi connectivity index (χ0n) is 16.7. The molecular weight excluding hydrogens is 397 g/mol. The van der Waals surface area contributed by atoms with Gasteiger partial charge in [0, 0.05) is 23.5 Å². The van der Waals surface area contributed by atoms with E-state index >= 15 is 0 Å². The van der Waals surface area contributed by atoms with Crippen molar-refractivity contribution in [2.75, 3.05) is 14.2 Å². The van der Waals surface area contributed by atoms with E-state index in [9.17, 15) is 18.0 Å². The van der Waals surface area contributed by atoms with Crippen LogP contribution in [-0.2, 0) is 11.2 Å². The second kappa shape index (κ2) is 9.11. The first-order valence-electron chi connectivity index (χ1n) is 9.46. The van der Waals surface area contributed by atoms with E-state index in [2.05, 4.69) is 10.3 Å². The molecule has 1 amide bonds. The van der Waals surface area contributed by atoms with Crippen molar-refractivity contribution in [1.29, 1.82) is 0 Å². The molecule has 1 unspecified atom stereocenters. The van der Waals surface area contributed by atoms with Gasteiger partial charge in [-0.2, -0.15) is 13.2 Å². The van der Waals surface area contributed by atoms with Gasteiger partial charge in [0.05, 0.1) is 14.2 Å².